The van der Waals surface area contributed by atoms with Gasteiger partial charge in [0, 0.05) is 13.1 Å². The highest BCUT2D eigenvalue weighted by molar-refractivity contribution is 5.99. The molecule has 2 aromatic rings. The molecule has 2 heterocycles. The molecule has 0 aliphatic carbocycles. The van der Waals surface area contributed by atoms with E-state index in [2.05, 4.69) is 37.9 Å². The van der Waals surface area contributed by atoms with Crippen LogP contribution < -0.4 is 16.1 Å². The van der Waals surface area contributed by atoms with Gasteiger partial charge < -0.3 is 15.4 Å². The zero-order valence-electron chi connectivity index (χ0n) is 17.5. The van der Waals surface area contributed by atoms with Crippen molar-refractivity contribution in [3.05, 3.63) is 41.6 Å². The van der Waals surface area contributed by atoms with E-state index in [9.17, 15) is 4.79 Å². The number of allylic oxidation sites excluding steroid dienone is 2. The minimum atomic E-state index is -0.532. The van der Waals surface area contributed by atoms with E-state index in [0.29, 0.717) is 28.9 Å². The smallest absolute Gasteiger partial charge is 0.280 e. The summed E-state index contributed by atoms with van der Waals surface area (Å²) in [6, 6.07) is 1.74. The Bertz CT molecular complexity index is 955. The molecule has 0 bridgehead atoms. The molecule has 2 rings (SSSR count). The number of nitrogens with zero attached hydrogens (tertiary/aromatic N) is 4. The molecule has 0 aromatic carbocycles. The number of aromatic nitrogens is 3. The number of carbonyl (C=O) groups excluding carboxylic acids is 1. The molecule has 0 aliphatic rings. The summed E-state index contributed by atoms with van der Waals surface area (Å²) in [6.07, 6.45) is 5.04. The second-order valence-corrected chi connectivity index (χ2v) is 6.92. The summed E-state index contributed by atoms with van der Waals surface area (Å²) in [5.41, 5.74) is 3.07. The molecule has 10 heteroatoms. The first-order valence-electron chi connectivity index (χ1n) is 8.93. The lowest BCUT2D eigenvalue weighted by atomic mass is 10.2. The maximum absolute atomic E-state index is 12.6. The van der Waals surface area contributed by atoms with Crippen molar-refractivity contribution in [1.29, 1.82) is 0 Å². The predicted molar refractivity (Wildman–Crippen MR) is 113 cm³/mol. The van der Waals surface area contributed by atoms with E-state index >= 15 is 0 Å². The maximum atomic E-state index is 12.6. The lowest BCUT2D eigenvalue weighted by Gasteiger charge is -2.18. The van der Waals surface area contributed by atoms with Gasteiger partial charge in [0.15, 0.2) is 5.65 Å². The molecule has 0 fully saturated rings. The number of aliphatic imine (C=N–C) groups is 1. The number of hydroxylamine groups is 1. The number of ether oxygens (including phenoxy) is 1. The van der Waals surface area contributed by atoms with Crippen molar-refractivity contribution in [2.75, 3.05) is 24.8 Å². The molecule has 10 nitrogen and oxygen atoms in total. The monoisotopic (exact) mass is 401 g/mol. The third kappa shape index (κ3) is 5.32. The van der Waals surface area contributed by atoms with Crippen molar-refractivity contribution in [3.8, 4) is 0 Å². The largest absolute Gasteiger partial charge is 0.480 e. The average Bonchev–Trinajstić information content (AvgIpc) is 3.10. The fourth-order valence-corrected chi connectivity index (χ4v) is 2.35. The number of fused-ring (bicyclic) bond motifs is 1. The number of rotatable bonds is 8. The molecule has 0 radical (unpaired) electrons. The van der Waals surface area contributed by atoms with E-state index in [1.54, 1.807) is 19.2 Å². The Balaban J connectivity index is 2.49. The number of carbonyl (C=O) groups is 1. The van der Waals surface area contributed by atoms with Crippen molar-refractivity contribution < 1.29 is 14.4 Å². The Morgan fingerprint density at radius 1 is 1.38 bits per heavy atom. The quantitative estimate of drug-likeness (QED) is 0.270. The van der Waals surface area contributed by atoms with Crippen molar-refractivity contribution in [1.82, 2.24) is 20.1 Å². The minimum Gasteiger partial charge on any atom is -0.480 e. The van der Waals surface area contributed by atoms with Crippen LogP contribution in [0.4, 0.5) is 11.6 Å². The summed E-state index contributed by atoms with van der Waals surface area (Å²) < 4.78 is 6.76. The van der Waals surface area contributed by atoms with E-state index in [0.717, 1.165) is 0 Å². The van der Waals surface area contributed by atoms with E-state index in [1.165, 1.54) is 17.8 Å². The van der Waals surface area contributed by atoms with E-state index in [4.69, 9.17) is 9.57 Å². The molecule has 0 atom stereocenters. The van der Waals surface area contributed by atoms with Crippen molar-refractivity contribution >= 4 is 29.9 Å². The van der Waals surface area contributed by atoms with Crippen LogP contribution in [0.1, 0.15) is 38.1 Å². The highest BCUT2D eigenvalue weighted by Gasteiger charge is 2.20. The van der Waals surface area contributed by atoms with Crippen LogP contribution in [0, 0.1) is 0 Å². The first-order chi connectivity index (χ1) is 13.7. The van der Waals surface area contributed by atoms with Gasteiger partial charge in [-0.1, -0.05) is 6.08 Å². The SMILES string of the molecule is C=N/C(OC)=C(\C=C/C)Nc1cc(NC)n2ncc(C(=O)NOC(C)(C)C)c2n1. The molecule has 3 N–H and O–H groups in total. The first kappa shape index (κ1) is 21.9. The molecule has 0 spiro atoms. The maximum Gasteiger partial charge on any atom is 0.280 e. The van der Waals surface area contributed by atoms with Crippen LogP contribution in [-0.4, -0.2) is 47.0 Å². The fraction of sp³-hybridized carbons (Fsp3) is 0.368. The van der Waals surface area contributed by atoms with Gasteiger partial charge >= 0.3 is 0 Å². The Kier molecular flexibility index (Phi) is 6.94. The summed E-state index contributed by atoms with van der Waals surface area (Å²) in [5.74, 6) is 0.940. The summed E-state index contributed by atoms with van der Waals surface area (Å²) in [4.78, 5) is 26.3. The number of anilines is 2. The van der Waals surface area contributed by atoms with Crippen LogP contribution in [0.15, 0.2) is 41.0 Å². The van der Waals surface area contributed by atoms with E-state index in [1.807, 2.05) is 33.8 Å². The topological polar surface area (TPSA) is 114 Å². The third-order valence-corrected chi connectivity index (χ3v) is 3.59. The molecular formula is C19H27N7O3. The number of nitrogens with one attached hydrogen (secondary N) is 3. The van der Waals surface area contributed by atoms with E-state index < -0.39 is 11.5 Å². The van der Waals surface area contributed by atoms with Crippen molar-refractivity contribution in [3.63, 3.8) is 0 Å². The Morgan fingerprint density at radius 3 is 2.66 bits per heavy atom. The van der Waals surface area contributed by atoms with Gasteiger partial charge in [0.25, 0.3) is 5.91 Å². The number of methoxy groups -OCH3 is 1. The standard InChI is InChI=1S/C19H27N7O3/c1-8-9-13(18(21-6)28-7)23-14-10-15(20-5)26-16(24-14)12(11-22-26)17(27)25-29-19(2,3)4/h8-11,20H,6H2,1-5,7H3,(H,23,24)(H,25,27)/b9-8-,18-13-. The number of amides is 1. The highest BCUT2D eigenvalue weighted by Crippen LogP contribution is 2.21. The molecule has 0 aliphatic heterocycles. The van der Waals surface area contributed by atoms with Crippen LogP contribution in [-0.2, 0) is 9.57 Å². The van der Waals surface area contributed by atoms with Crippen molar-refractivity contribution in [2.24, 2.45) is 4.99 Å². The highest BCUT2D eigenvalue weighted by atomic mass is 16.7. The normalized spacial score (nSPS) is 12.6. The minimum absolute atomic E-state index is 0.264. The van der Waals surface area contributed by atoms with Crippen LogP contribution >= 0.6 is 0 Å². The molecule has 29 heavy (non-hydrogen) atoms. The lowest BCUT2D eigenvalue weighted by molar-refractivity contribution is -0.0589. The van der Waals surface area contributed by atoms with Crippen LogP contribution in [0.3, 0.4) is 0 Å². The summed E-state index contributed by atoms with van der Waals surface area (Å²) in [6.45, 7) is 10.9. The zero-order valence-corrected chi connectivity index (χ0v) is 17.5. The van der Waals surface area contributed by atoms with Crippen LogP contribution in [0.5, 0.6) is 0 Å². The van der Waals surface area contributed by atoms with Crippen LogP contribution in [0.2, 0.25) is 0 Å². The molecular weight excluding hydrogens is 374 g/mol. The van der Waals surface area contributed by atoms with E-state index in [-0.39, 0.29) is 5.56 Å². The van der Waals surface area contributed by atoms with Gasteiger partial charge in [-0.2, -0.15) is 9.61 Å². The van der Waals surface area contributed by atoms with Gasteiger partial charge in [0.1, 0.15) is 22.9 Å². The van der Waals surface area contributed by atoms with Gasteiger partial charge in [0.05, 0.1) is 18.9 Å². The summed E-state index contributed by atoms with van der Waals surface area (Å²) in [7, 11) is 3.25. The molecule has 0 saturated carbocycles. The predicted octanol–water partition coefficient (Wildman–Crippen LogP) is 2.74. The number of hydrogen-bond donors (Lipinski definition) is 3. The van der Waals surface area contributed by atoms with Gasteiger partial charge in [-0.05, 0) is 40.5 Å². The fourth-order valence-electron chi connectivity index (χ4n) is 2.35. The molecule has 2 aromatic heterocycles. The second kappa shape index (κ2) is 9.20. The zero-order chi connectivity index (χ0) is 21.6. The molecule has 1 amide bonds. The summed E-state index contributed by atoms with van der Waals surface area (Å²) >= 11 is 0. The van der Waals surface area contributed by atoms with Gasteiger partial charge in [-0.3, -0.25) is 9.63 Å². The third-order valence-electron chi connectivity index (χ3n) is 3.59. The van der Waals surface area contributed by atoms with Crippen molar-refractivity contribution in [2.45, 2.75) is 33.3 Å². The summed E-state index contributed by atoms with van der Waals surface area (Å²) in [5, 5.41) is 10.4. The van der Waals surface area contributed by atoms with Crippen LogP contribution in [0.25, 0.3) is 5.65 Å². The molecule has 0 saturated heterocycles. The molecule has 0 unspecified atom stereocenters. The molecule has 156 valence electrons. The number of hydrogen-bond acceptors (Lipinski definition) is 8. The lowest BCUT2D eigenvalue weighted by Crippen LogP contribution is -2.33. The first-order valence-corrected chi connectivity index (χ1v) is 8.93. The Labute approximate surface area is 169 Å². The van der Waals surface area contributed by atoms with Gasteiger partial charge in [-0.25, -0.2) is 15.5 Å². The second-order valence-electron chi connectivity index (χ2n) is 6.92. The van der Waals surface area contributed by atoms with Gasteiger partial charge in [-0.15, -0.1) is 0 Å². The Hall–Kier alpha value is -3.40. The van der Waals surface area contributed by atoms with Gasteiger partial charge in [0.2, 0.25) is 5.88 Å². The average molecular weight is 401 g/mol. The Morgan fingerprint density at radius 2 is 2.10 bits per heavy atom.